The number of hydrogen-bond donors (Lipinski definition) is 1. The standard InChI is InChI=1S/C21H24N4O3S2/c22-14-18-17-8-4-5-9-19(17)29-21(18)23-20(26)15-24-10-12-25(13-11-24)30(27,28)16-6-2-1-3-7-16/h1-3,6-7H,4-5,8-13,15H2,(H,23,26). The van der Waals surface area contributed by atoms with Crippen LogP contribution in [0.25, 0.3) is 0 Å². The topological polar surface area (TPSA) is 93.5 Å². The van der Waals surface area contributed by atoms with Gasteiger partial charge < -0.3 is 5.32 Å². The van der Waals surface area contributed by atoms with E-state index in [1.807, 2.05) is 4.90 Å². The lowest BCUT2D eigenvalue weighted by Gasteiger charge is -2.33. The molecule has 2 heterocycles. The number of piperazine rings is 1. The monoisotopic (exact) mass is 444 g/mol. The number of anilines is 1. The van der Waals surface area contributed by atoms with Gasteiger partial charge in [0.2, 0.25) is 15.9 Å². The Bertz CT molecular complexity index is 1070. The molecule has 1 aliphatic heterocycles. The molecule has 0 atom stereocenters. The van der Waals surface area contributed by atoms with Crippen LogP contribution >= 0.6 is 11.3 Å². The predicted octanol–water partition coefficient (Wildman–Crippen LogP) is 2.44. The molecule has 1 fully saturated rings. The first-order valence-electron chi connectivity index (χ1n) is 10.1. The number of amides is 1. The van der Waals surface area contributed by atoms with Crippen LogP contribution in [0.15, 0.2) is 35.2 Å². The van der Waals surface area contributed by atoms with Gasteiger partial charge >= 0.3 is 0 Å². The lowest BCUT2D eigenvalue weighted by atomic mass is 9.96. The van der Waals surface area contributed by atoms with Crippen molar-refractivity contribution in [1.82, 2.24) is 9.21 Å². The smallest absolute Gasteiger partial charge is 0.243 e. The van der Waals surface area contributed by atoms with Gasteiger partial charge in [0, 0.05) is 31.1 Å². The van der Waals surface area contributed by atoms with Gasteiger partial charge in [0.1, 0.15) is 11.1 Å². The Balaban J connectivity index is 1.34. The van der Waals surface area contributed by atoms with Crippen LogP contribution in [0.1, 0.15) is 28.8 Å². The Morgan fingerprint density at radius 2 is 1.80 bits per heavy atom. The Morgan fingerprint density at radius 1 is 1.10 bits per heavy atom. The van der Waals surface area contributed by atoms with Crippen molar-refractivity contribution in [3.63, 3.8) is 0 Å². The highest BCUT2D eigenvalue weighted by molar-refractivity contribution is 7.89. The third kappa shape index (κ3) is 4.27. The molecule has 1 aromatic carbocycles. The van der Waals surface area contributed by atoms with Crippen molar-refractivity contribution in [2.45, 2.75) is 30.6 Å². The van der Waals surface area contributed by atoms with Gasteiger partial charge in [-0.25, -0.2) is 8.42 Å². The molecule has 2 aromatic rings. The summed E-state index contributed by atoms with van der Waals surface area (Å²) >= 11 is 1.52. The molecule has 7 nitrogen and oxygen atoms in total. The first-order valence-corrected chi connectivity index (χ1v) is 12.4. The van der Waals surface area contributed by atoms with Gasteiger partial charge in [-0.3, -0.25) is 9.69 Å². The summed E-state index contributed by atoms with van der Waals surface area (Å²) in [4.78, 5) is 16.0. The Morgan fingerprint density at radius 3 is 2.50 bits per heavy atom. The van der Waals surface area contributed by atoms with Crippen LogP contribution in [0.2, 0.25) is 0 Å². The van der Waals surface area contributed by atoms with Crippen LogP contribution in [-0.4, -0.2) is 56.3 Å². The van der Waals surface area contributed by atoms with E-state index >= 15 is 0 Å². The van der Waals surface area contributed by atoms with Crippen LogP contribution in [0, 0.1) is 11.3 Å². The maximum Gasteiger partial charge on any atom is 0.243 e. The average molecular weight is 445 g/mol. The summed E-state index contributed by atoms with van der Waals surface area (Å²) in [7, 11) is -3.50. The van der Waals surface area contributed by atoms with Gasteiger partial charge in [-0.2, -0.15) is 9.57 Å². The van der Waals surface area contributed by atoms with E-state index in [1.165, 1.54) is 20.5 Å². The van der Waals surface area contributed by atoms with Crippen LogP contribution in [0.4, 0.5) is 5.00 Å². The average Bonchev–Trinajstić information content (AvgIpc) is 3.11. The van der Waals surface area contributed by atoms with E-state index in [0.29, 0.717) is 41.6 Å². The molecule has 1 aliphatic carbocycles. The summed E-state index contributed by atoms with van der Waals surface area (Å²) in [6.07, 6.45) is 4.09. The molecule has 2 aliphatic rings. The van der Waals surface area contributed by atoms with Gasteiger partial charge in [-0.05, 0) is 43.4 Å². The number of rotatable bonds is 5. The van der Waals surface area contributed by atoms with E-state index in [0.717, 1.165) is 31.2 Å². The van der Waals surface area contributed by atoms with Gasteiger partial charge in [-0.1, -0.05) is 18.2 Å². The summed E-state index contributed by atoms with van der Waals surface area (Å²) < 4.78 is 26.9. The molecule has 0 bridgehead atoms. The number of benzene rings is 1. The summed E-state index contributed by atoms with van der Waals surface area (Å²) in [5.41, 5.74) is 1.71. The minimum absolute atomic E-state index is 0.163. The second-order valence-corrected chi connectivity index (χ2v) is 10.6. The molecular formula is C21H24N4O3S2. The van der Waals surface area contributed by atoms with E-state index in [9.17, 15) is 18.5 Å². The molecule has 4 rings (SSSR count). The summed E-state index contributed by atoms with van der Waals surface area (Å²) in [6, 6.07) is 10.7. The van der Waals surface area contributed by atoms with Crippen molar-refractivity contribution in [3.8, 4) is 6.07 Å². The van der Waals surface area contributed by atoms with Crippen molar-refractivity contribution in [2.75, 3.05) is 38.0 Å². The minimum atomic E-state index is -3.50. The second kappa shape index (κ2) is 8.86. The zero-order valence-electron chi connectivity index (χ0n) is 16.6. The first kappa shape index (κ1) is 21.0. The highest BCUT2D eigenvalue weighted by Gasteiger charge is 2.29. The molecule has 1 amide bonds. The molecule has 30 heavy (non-hydrogen) atoms. The normalized spacial score (nSPS) is 17.8. The highest BCUT2D eigenvalue weighted by Crippen LogP contribution is 2.37. The Hall–Kier alpha value is -2.25. The van der Waals surface area contributed by atoms with E-state index in [4.69, 9.17) is 0 Å². The molecule has 1 saturated heterocycles. The van der Waals surface area contributed by atoms with Crippen LogP contribution in [-0.2, 0) is 27.7 Å². The number of aryl methyl sites for hydroxylation is 1. The third-order valence-corrected chi connectivity index (χ3v) is 8.74. The lowest BCUT2D eigenvalue weighted by Crippen LogP contribution is -2.50. The molecule has 0 radical (unpaired) electrons. The Labute approximate surface area is 181 Å². The molecule has 1 N–H and O–H groups in total. The minimum Gasteiger partial charge on any atom is -0.315 e. The molecule has 0 spiro atoms. The van der Waals surface area contributed by atoms with E-state index < -0.39 is 10.0 Å². The number of carbonyl (C=O) groups is 1. The molecular weight excluding hydrogens is 420 g/mol. The van der Waals surface area contributed by atoms with Crippen LogP contribution in [0.5, 0.6) is 0 Å². The highest BCUT2D eigenvalue weighted by atomic mass is 32.2. The zero-order valence-corrected chi connectivity index (χ0v) is 18.3. The predicted molar refractivity (Wildman–Crippen MR) is 116 cm³/mol. The summed E-state index contributed by atoms with van der Waals surface area (Å²) in [5.74, 6) is -0.163. The first-order chi connectivity index (χ1) is 14.5. The number of thiophene rings is 1. The lowest BCUT2D eigenvalue weighted by molar-refractivity contribution is -0.117. The van der Waals surface area contributed by atoms with Gasteiger partial charge in [0.05, 0.1) is 17.0 Å². The van der Waals surface area contributed by atoms with Crippen LogP contribution in [0.3, 0.4) is 0 Å². The van der Waals surface area contributed by atoms with Crippen molar-refractivity contribution in [2.24, 2.45) is 0 Å². The largest absolute Gasteiger partial charge is 0.315 e. The maximum atomic E-state index is 12.7. The van der Waals surface area contributed by atoms with Crippen molar-refractivity contribution in [3.05, 3.63) is 46.3 Å². The summed E-state index contributed by atoms with van der Waals surface area (Å²) in [6.45, 7) is 1.87. The number of nitrogens with one attached hydrogen (secondary N) is 1. The van der Waals surface area contributed by atoms with Crippen LogP contribution < -0.4 is 5.32 Å². The molecule has 1 aromatic heterocycles. The molecule has 0 saturated carbocycles. The number of fused-ring (bicyclic) bond motifs is 1. The zero-order chi connectivity index (χ0) is 21.1. The fourth-order valence-electron chi connectivity index (χ4n) is 4.01. The van der Waals surface area contributed by atoms with Gasteiger partial charge in [0.15, 0.2) is 0 Å². The molecule has 9 heteroatoms. The second-order valence-electron chi connectivity index (χ2n) is 7.57. The Kier molecular flexibility index (Phi) is 6.20. The van der Waals surface area contributed by atoms with E-state index in [2.05, 4.69) is 11.4 Å². The number of sulfonamides is 1. The number of hydrogen-bond acceptors (Lipinski definition) is 6. The van der Waals surface area contributed by atoms with Gasteiger partial charge in [0.25, 0.3) is 0 Å². The number of nitriles is 1. The quantitative estimate of drug-likeness (QED) is 0.765. The van der Waals surface area contributed by atoms with Crippen molar-refractivity contribution < 1.29 is 13.2 Å². The number of nitrogens with zero attached hydrogens (tertiary/aromatic N) is 3. The van der Waals surface area contributed by atoms with E-state index in [1.54, 1.807) is 30.3 Å². The molecule has 158 valence electrons. The third-order valence-electron chi connectivity index (χ3n) is 5.62. The summed E-state index contributed by atoms with van der Waals surface area (Å²) in [5, 5.41) is 13.1. The van der Waals surface area contributed by atoms with E-state index in [-0.39, 0.29) is 12.5 Å². The van der Waals surface area contributed by atoms with Crippen molar-refractivity contribution in [1.29, 1.82) is 5.26 Å². The number of carbonyl (C=O) groups excluding carboxylic acids is 1. The van der Waals surface area contributed by atoms with Gasteiger partial charge in [-0.15, -0.1) is 11.3 Å². The molecule has 0 unspecified atom stereocenters. The maximum absolute atomic E-state index is 12.7. The van der Waals surface area contributed by atoms with Crippen molar-refractivity contribution >= 4 is 32.3 Å². The SMILES string of the molecule is N#Cc1c(NC(=O)CN2CCN(S(=O)(=O)c3ccccc3)CC2)sc2c1CCCC2. The fraction of sp³-hybridized carbons (Fsp3) is 0.429. The fourth-order valence-corrected chi connectivity index (χ4v) is 6.71.